The number of carbonyl (C=O) groups is 1. The monoisotopic (exact) mass is 257 g/mol. The lowest BCUT2D eigenvalue weighted by Crippen LogP contribution is -2.33. The van der Waals surface area contributed by atoms with E-state index in [1.54, 1.807) is 0 Å². The van der Waals surface area contributed by atoms with E-state index in [4.69, 9.17) is 5.11 Å². The van der Waals surface area contributed by atoms with Crippen molar-refractivity contribution in [2.45, 2.75) is 32.7 Å². The lowest BCUT2D eigenvalue weighted by molar-refractivity contribution is 0.0747. The molecule has 1 fully saturated rings. The molecule has 0 spiro atoms. The quantitative estimate of drug-likeness (QED) is 0.781. The third kappa shape index (κ3) is 2.97. The number of aryl methyl sites for hydroxylation is 1. The molecule has 0 aliphatic carbocycles. The largest absolute Gasteiger partial charge is 0.384 e. The van der Waals surface area contributed by atoms with Gasteiger partial charge in [-0.1, -0.05) is 11.8 Å². The van der Waals surface area contributed by atoms with Gasteiger partial charge in [-0.25, -0.2) is 0 Å². The van der Waals surface area contributed by atoms with Crippen LogP contribution < -0.4 is 0 Å². The van der Waals surface area contributed by atoms with Gasteiger partial charge >= 0.3 is 0 Å². The molecule has 3 heteroatoms. The Morgan fingerprint density at radius 3 is 2.89 bits per heavy atom. The summed E-state index contributed by atoms with van der Waals surface area (Å²) in [6.07, 6.45) is 2.18. The van der Waals surface area contributed by atoms with Crippen molar-refractivity contribution in [1.82, 2.24) is 4.90 Å². The number of hydrogen-bond donors (Lipinski definition) is 1. The molecule has 1 heterocycles. The molecule has 1 N–H and O–H groups in total. The number of benzene rings is 1. The zero-order chi connectivity index (χ0) is 13.8. The van der Waals surface area contributed by atoms with Gasteiger partial charge < -0.3 is 10.0 Å². The van der Waals surface area contributed by atoms with Gasteiger partial charge in [0.15, 0.2) is 0 Å². The van der Waals surface area contributed by atoms with E-state index in [1.807, 2.05) is 30.0 Å². The van der Waals surface area contributed by atoms with Crippen LogP contribution in [0.4, 0.5) is 0 Å². The van der Waals surface area contributed by atoms with Crippen LogP contribution in [0.1, 0.15) is 41.3 Å². The summed E-state index contributed by atoms with van der Waals surface area (Å²) in [5.41, 5.74) is 2.56. The summed E-state index contributed by atoms with van der Waals surface area (Å²) in [6, 6.07) is 5.89. The average Bonchev–Trinajstić information content (AvgIpc) is 2.82. The Bertz CT molecular complexity index is 539. The van der Waals surface area contributed by atoms with Crippen molar-refractivity contribution in [2.24, 2.45) is 0 Å². The standard InChI is InChI=1S/C16H19NO2/c1-12-11-15(8-7-14(12)6-4-10-18)16(19)17-9-3-5-13(17)2/h7-8,11,13,18H,3,5,9-10H2,1-2H3. The Morgan fingerprint density at radius 2 is 2.32 bits per heavy atom. The molecule has 0 bridgehead atoms. The first-order valence-corrected chi connectivity index (χ1v) is 6.65. The molecule has 1 aliphatic heterocycles. The molecule has 0 radical (unpaired) electrons. The predicted molar refractivity (Wildman–Crippen MR) is 74.9 cm³/mol. The van der Waals surface area contributed by atoms with Gasteiger partial charge in [0.2, 0.25) is 0 Å². The molecular weight excluding hydrogens is 238 g/mol. The molecule has 1 aliphatic rings. The lowest BCUT2D eigenvalue weighted by atomic mass is 10.0. The van der Waals surface area contributed by atoms with Gasteiger partial charge in [0.25, 0.3) is 5.91 Å². The van der Waals surface area contributed by atoms with E-state index >= 15 is 0 Å². The summed E-state index contributed by atoms with van der Waals surface area (Å²) < 4.78 is 0. The predicted octanol–water partition coefficient (Wildman–Crippen LogP) is 1.96. The Labute approximate surface area is 114 Å². The zero-order valence-electron chi connectivity index (χ0n) is 11.4. The third-order valence-electron chi connectivity index (χ3n) is 3.59. The molecule has 19 heavy (non-hydrogen) atoms. The summed E-state index contributed by atoms with van der Waals surface area (Å²) in [7, 11) is 0. The fraction of sp³-hybridized carbons (Fsp3) is 0.438. The first-order chi connectivity index (χ1) is 9.13. The van der Waals surface area contributed by atoms with E-state index in [9.17, 15) is 4.79 Å². The molecule has 0 saturated carbocycles. The molecular formula is C16H19NO2. The number of nitrogens with zero attached hydrogens (tertiary/aromatic N) is 1. The molecule has 1 unspecified atom stereocenters. The van der Waals surface area contributed by atoms with Gasteiger partial charge in [-0.05, 0) is 50.5 Å². The van der Waals surface area contributed by atoms with Gasteiger partial charge in [-0.2, -0.15) is 0 Å². The van der Waals surface area contributed by atoms with Crippen LogP contribution in [0, 0.1) is 18.8 Å². The van der Waals surface area contributed by atoms with Gasteiger partial charge in [-0.15, -0.1) is 0 Å². The minimum atomic E-state index is -0.147. The lowest BCUT2D eigenvalue weighted by Gasteiger charge is -2.21. The number of likely N-dealkylation sites (tertiary alicyclic amines) is 1. The number of aliphatic hydroxyl groups is 1. The number of rotatable bonds is 1. The van der Waals surface area contributed by atoms with Crippen LogP contribution in [0.3, 0.4) is 0 Å². The molecule has 1 aromatic carbocycles. The van der Waals surface area contributed by atoms with Crippen LogP contribution in [-0.2, 0) is 0 Å². The van der Waals surface area contributed by atoms with E-state index in [2.05, 4.69) is 18.8 Å². The minimum absolute atomic E-state index is 0.106. The van der Waals surface area contributed by atoms with Crippen molar-refractivity contribution in [2.75, 3.05) is 13.2 Å². The van der Waals surface area contributed by atoms with Crippen LogP contribution in [0.15, 0.2) is 18.2 Å². The Hall–Kier alpha value is -1.79. The second-order valence-electron chi connectivity index (χ2n) is 4.98. The van der Waals surface area contributed by atoms with Crippen molar-refractivity contribution in [3.63, 3.8) is 0 Å². The summed E-state index contributed by atoms with van der Waals surface area (Å²) in [5.74, 6) is 5.61. The Kier molecular flexibility index (Phi) is 4.24. The van der Waals surface area contributed by atoms with Gasteiger partial charge in [0.05, 0.1) is 0 Å². The van der Waals surface area contributed by atoms with Crippen LogP contribution in [0.2, 0.25) is 0 Å². The smallest absolute Gasteiger partial charge is 0.254 e. The SMILES string of the molecule is Cc1cc(C(=O)N2CCCC2C)ccc1C#CCO. The molecule has 0 aromatic heterocycles. The second-order valence-corrected chi connectivity index (χ2v) is 4.98. The van der Waals surface area contributed by atoms with E-state index in [0.29, 0.717) is 6.04 Å². The van der Waals surface area contributed by atoms with Crippen molar-refractivity contribution >= 4 is 5.91 Å². The number of aliphatic hydroxyl groups excluding tert-OH is 1. The highest BCUT2D eigenvalue weighted by atomic mass is 16.2. The number of amides is 1. The topological polar surface area (TPSA) is 40.5 Å². The summed E-state index contributed by atoms with van der Waals surface area (Å²) in [6.45, 7) is 4.74. The fourth-order valence-corrected chi connectivity index (χ4v) is 2.47. The maximum Gasteiger partial charge on any atom is 0.254 e. The van der Waals surface area contributed by atoms with E-state index in [-0.39, 0.29) is 12.5 Å². The maximum absolute atomic E-state index is 12.4. The third-order valence-corrected chi connectivity index (χ3v) is 3.59. The summed E-state index contributed by atoms with van der Waals surface area (Å²) in [5, 5.41) is 8.70. The highest BCUT2D eigenvalue weighted by Gasteiger charge is 2.25. The van der Waals surface area contributed by atoms with E-state index < -0.39 is 0 Å². The average molecular weight is 257 g/mol. The van der Waals surface area contributed by atoms with E-state index in [0.717, 1.165) is 36.1 Å². The summed E-state index contributed by atoms with van der Waals surface area (Å²) >= 11 is 0. The summed E-state index contributed by atoms with van der Waals surface area (Å²) in [4.78, 5) is 14.3. The Balaban J connectivity index is 2.22. The van der Waals surface area contributed by atoms with Crippen molar-refractivity contribution in [3.8, 4) is 11.8 Å². The molecule has 1 saturated heterocycles. The fourth-order valence-electron chi connectivity index (χ4n) is 2.47. The van der Waals surface area contributed by atoms with E-state index in [1.165, 1.54) is 0 Å². The van der Waals surface area contributed by atoms with Crippen LogP contribution >= 0.6 is 0 Å². The molecule has 1 atom stereocenters. The first kappa shape index (κ1) is 13.6. The number of carbonyl (C=O) groups excluding carboxylic acids is 1. The van der Waals surface area contributed by atoms with Crippen molar-refractivity contribution in [1.29, 1.82) is 0 Å². The molecule has 100 valence electrons. The van der Waals surface area contributed by atoms with Crippen LogP contribution in [0.5, 0.6) is 0 Å². The van der Waals surface area contributed by atoms with Gasteiger partial charge in [0, 0.05) is 23.7 Å². The van der Waals surface area contributed by atoms with Gasteiger partial charge in [0.1, 0.15) is 6.61 Å². The highest BCUT2D eigenvalue weighted by molar-refractivity contribution is 5.95. The zero-order valence-corrected chi connectivity index (χ0v) is 11.4. The minimum Gasteiger partial charge on any atom is -0.384 e. The maximum atomic E-state index is 12.4. The van der Waals surface area contributed by atoms with Crippen LogP contribution in [0.25, 0.3) is 0 Å². The second kappa shape index (κ2) is 5.90. The first-order valence-electron chi connectivity index (χ1n) is 6.65. The van der Waals surface area contributed by atoms with Crippen LogP contribution in [-0.4, -0.2) is 35.1 Å². The van der Waals surface area contributed by atoms with Crippen molar-refractivity contribution < 1.29 is 9.90 Å². The number of hydrogen-bond acceptors (Lipinski definition) is 2. The molecule has 1 aromatic rings. The molecule has 3 nitrogen and oxygen atoms in total. The van der Waals surface area contributed by atoms with Gasteiger partial charge in [-0.3, -0.25) is 4.79 Å². The normalized spacial score (nSPS) is 18.1. The Morgan fingerprint density at radius 1 is 1.53 bits per heavy atom. The molecule has 1 amide bonds. The molecule has 2 rings (SSSR count). The highest BCUT2D eigenvalue weighted by Crippen LogP contribution is 2.20. The van der Waals surface area contributed by atoms with Crippen molar-refractivity contribution in [3.05, 3.63) is 34.9 Å².